The molecular weight excluding hydrogens is 459 g/mol. The highest BCUT2D eigenvalue weighted by Gasteiger charge is 2.15. The van der Waals surface area contributed by atoms with E-state index in [1.165, 1.54) is 36.4 Å². The maximum Gasteiger partial charge on any atom is 0.261 e. The van der Waals surface area contributed by atoms with Crippen molar-refractivity contribution < 1.29 is 17.6 Å². The zero-order chi connectivity index (χ0) is 21.0. The molecule has 0 radical (unpaired) electrons. The summed E-state index contributed by atoms with van der Waals surface area (Å²) in [5, 5.41) is 2.90. The normalized spacial score (nSPS) is 12.2. The number of carbonyl (C=O) groups is 1. The van der Waals surface area contributed by atoms with Gasteiger partial charge in [0.05, 0.1) is 10.9 Å². The van der Waals surface area contributed by atoms with Crippen LogP contribution in [0, 0.1) is 5.82 Å². The van der Waals surface area contributed by atoms with Crippen molar-refractivity contribution in [1.29, 1.82) is 0 Å². The van der Waals surface area contributed by atoms with E-state index in [1.54, 1.807) is 0 Å². The quantitative estimate of drug-likeness (QED) is 0.532. The third kappa shape index (κ3) is 5.42. The zero-order valence-electron chi connectivity index (χ0n) is 15.4. The number of hydrogen-bond donors (Lipinski definition) is 2. The van der Waals surface area contributed by atoms with E-state index in [1.807, 2.05) is 31.2 Å². The largest absolute Gasteiger partial charge is 0.346 e. The Balaban J connectivity index is 1.68. The Bertz CT molecular complexity index is 1120. The monoisotopic (exact) mass is 476 g/mol. The molecule has 1 unspecified atom stereocenters. The molecule has 0 saturated heterocycles. The SMILES string of the molecule is CC(NC(=O)c1ccc(NS(=O)(=O)c2ccc(F)cc2)cc1)c1cccc(Br)c1. The lowest BCUT2D eigenvalue weighted by Crippen LogP contribution is -2.26. The van der Waals surface area contributed by atoms with Gasteiger partial charge in [-0.1, -0.05) is 28.1 Å². The second-order valence-corrected chi connectivity index (χ2v) is 8.99. The fourth-order valence-electron chi connectivity index (χ4n) is 2.66. The predicted octanol–water partition coefficient (Wildman–Crippen LogP) is 4.88. The van der Waals surface area contributed by atoms with Gasteiger partial charge in [-0.2, -0.15) is 0 Å². The first-order valence-corrected chi connectivity index (χ1v) is 11.0. The summed E-state index contributed by atoms with van der Waals surface area (Å²) in [5.74, 6) is -0.790. The highest BCUT2D eigenvalue weighted by Crippen LogP contribution is 2.20. The molecule has 0 aromatic heterocycles. The van der Waals surface area contributed by atoms with Crippen molar-refractivity contribution in [3.8, 4) is 0 Å². The molecule has 150 valence electrons. The van der Waals surface area contributed by atoms with Gasteiger partial charge < -0.3 is 5.32 Å². The predicted molar refractivity (Wildman–Crippen MR) is 114 cm³/mol. The van der Waals surface area contributed by atoms with Crippen molar-refractivity contribution >= 4 is 37.5 Å². The summed E-state index contributed by atoms with van der Waals surface area (Å²) < 4.78 is 41.0. The fraction of sp³-hybridized carbons (Fsp3) is 0.0952. The standard InChI is InChI=1S/C21H18BrFN2O3S/c1-14(16-3-2-4-17(22)13-16)24-21(26)15-5-9-19(10-6-15)25-29(27,28)20-11-7-18(23)8-12-20/h2-14,25H,1H3,(H,24,26). The molecule has 3 aromatic rings. The van der Waals surface area contributed by atoms with E-state index in [4.69, 9.17) is 0 Å². The highest BCUT2D eigenvalue weighted by atomic mass is 79.9. The van der Waals surface area contributed by atoms with Crippen LogP contribution >= 0.6 is 15.9 Å². The van der Waals surface area contributed by atoms with E-state index in [2.05, 4.69) is 26.0 Å². The Kier molecular flexibility index (Phi) is 6.34. The van der Waals surface area contributed by atoms with Gasteiger partial charge in [0.1, 0.15) is 5.82 Å². The topological polar surface area (TPSA) is 75.3 Å². The Hall–Kier alpha value is -2.71. The van der Waals surface area contributed by atoms with Crippen LogP contribution in [-0.4, -0.2) is 14.3 Å². The second kappa shape index (κ2) is 8.75. The van der Waals surface area contributed by atoms with Crippen LogP contribution in [-0.2, 0) is 10.0 Å². The number of nitrogens with one attached hydrogen (secondary N) is 2. The number of hydrogen-bond acceptors (Lipinski definition) is 3. The summed E-state index contributed by atoms with van der Waals surface area (Å²) in [7, 11) is -3.84. The summed E-state index contributed by atoms with van der Waals surface area (Å²) in [6, 6.07) is 18.0. The van der Waals surface area contributed by atoms with Gasteiger partial charge >= 0.3 is 0 Å². The van der Waals surface area contributed by atoms with Gasteiger partial charge in [0.15, 0.2) is 0 Å². The molecule has 0 bridgehead atoms. The van der Waals surface area contributed by atoms with E-state index < -0.39 is 15.8 Å². The second-order valence-electron chi connectivity index (χ2n) is 6.39. The van der Waals surface area contributed by atoms with E-state index in [-0.39, 0.29) is 16.8 Å². The molecule has 0 saturated carbocycles. The van der Waals surface area contributed by atoms with Gasteiger partial charge in [-0.3, -0.25) is 9.52 Å². The van der Waals surface area contributed by atoms with Gasteiger partial charge in [0, 0.05) is 15.7 Å². The average Bonchev–Trinajstić information content (AvgIpc) is 2.68. The Morgan fingerprint density at radius 3 is 2.28 bits per heavy atom. The van der Waals surface area contributed by atoms with Gasteiger partial charge in [-0.05, 0) is 73.2 Å². The average molecular weight is 477 g/mol. The van der Waals surface area contributed by atoms with Crippen LogP contribution in [0.2, 0.25) is 0 Å². The summed E-state index contributed by atoms with van der Waals surface area (Å²) in [4.78, 5) is 12.4. The van der Waals surface area contributed by atoms with Crippen LogP contribution in [0.25, 0.3) is 0 Å². The fourth-order valence-corrected chi connectivity index (χ4v) is 4.13. The molecule has 0 aliphatic heterocycles. The van der Waals surface area contributed by atoms with Crippen molar-refractivity contribution in [3.63, 3.8) is 0 Å². The van der Waals surface area contributed by atoms with Crippen LogP contribution in [0.15, 0.2) is 82.2 Å². The molecule has 0 spiro atoms. The molecule has 2 N–H and O–H groups in total. The minimum Gasteiger partial charge on any atom is -0.346 e. The lowest BCUT2D eigenvalue weighted by molar-refractivity contribution is 0.0940. The van der Waals surface area contributed by atoms with Gasteiger partial charge in [0.2, 0.25) is 0 Å². The van der Waals surface area contributed by atoms with Gasteiger partial charge in [-0.15, -0.1) is 0 Å². The van der Waals surface area contributed by atoms with Crippen LogP contribution < -0.4 is 10.0 Å². The first-order valence-electron chi connectivity index (χ1n) is 8.69. The summed E-state index contributed by atoms with van der Waals surface area (Å²) >= 11 is 3.41. The number of halogens is 2. The van der Waals surface area contributed by atoms with Crippen LogP contribution in [0.1, 0.15) is 28.9 Å². The van der Waals surface area contributed by atoms with Crippen molar-refractivity contribution in [3.05, 3.63) is 94.2 Å². The highest BCUT2D eigenvalue weighted by molar-refractivity contribution is 9.10. The van der Waals surface area contributed by atoms with E-state index >= 15 is 0 Å². The molecule has 3 rings (SSSR count). The molecule has 1 atom stereocenters. The zero-order valence-corrected chi connectivity index (χ0v) is 17.8. The summed E-state index contributed by atoms with van der Waals surface area (Å²) in [5.41, 5.74) is 1.65. The van der Waals surface area contributed by atoms with Crippen molar-refractivity contribution in [1.82, 2.24) is 5.32 Å². The molecular formula is C21H18BrFN2O3S. The first-order chi connectivity index (χ1) is 13.7. The number of benzene rings is 3. The third-order valence-corrected chi connectivity index (χ3v) is 6.11. The summed E-state index contributed by atoms with van der Waals surface area (Å²) in [6.45, 7) is 1.88. The number of rotatable bonds is 6. The smallest absolute Gasteiger partial charge is 0.261 e. The first kappa shape index (κ1) is 21.0. The lowest BCUT2D eigenvalue weighted by Gasteiger charge is -2.15. The van der Waals surface area contributed by atoms with E-state index in [9.17, 15) is 17.6 Å². The van der Waals surface area contributed by atoms with Crippen molar-refractivity contribution in [2.75, 3.05) is 4.72 Å². The Morgan fingerprint density at radius 2 is 1.66 bits per heavy atom. The molecule has 0 aliphatic carbocycles. The minimum atomic E-state index is -3.84. The molecule has 0 fully saturated rings. The van der Waals surface area contributed by atoms with Crippen molar-refractivity contribution in [2.24, 2.45) is 0 Å². The molecule has 0 aliphatic rings. The Labute approximate surface area is 177 Å². The number of anilines is 1. The van der Waals surface area contributed by atoms with Crippen LogP contribution in [0.3, 0.4) is 0 Å². The van der Waals surface area contributed by atoms with Crippen LogP contribution in [0.4, 0.5) is 10.1 Å². The molecule has 0 heterocycles. The number of sulfonamides is 1. The van der Waals surface area contributed by atoms with Crippen molar-refractivity contribution in [2.45, 2.75) is 17.9 Å². The molecule has 8 heteroatoms. The number of amides is 1. The van der Waals surface area contributed by atoms with E-state index in [0.29, 0.717) is 11.3 Å². The third-order valence-electron chi connectivity index (χ3n) is 4.22. The maximum absolute atomic E-state index is 13.0. The van der Waals surface area contributed by atoms with E-state index in [0.717, 1.165) is 22.2 Å². The van der Waals surface area contributed by atoms with Gasteiger partial charge in [-0.25, -0.2) is 12.8 Å². The van der Waals surface area contributed by atoms with Crippen LogP contribution in [0.5, 0.6) is 0 Å². The molecule has 1 amide bonds. The molecule has 3 aromatic carbocycles. The minimum absolute atomic E-state index is 0.0523. The molecule has 29 heavy (non-hydrogen) atoms. The Morgan fingerprint density at radius 1 is 1.00 bits per heavy atom. The summed E-state index contributed by atoms with van der Waals surface area (Å²) in [6.07, 6.45) is 0. The maximum atomic E-state index is 13.0. The lowest BCUT2D eigenvalue weighted by atomic mass is 10.1. The number of carbonyl (C=O) groups excluding carboxylic acids is 1. The molecule has 5 nitrogen and oxygen atoms in total. The van der Waals surface area contributed by atoms with Gasteiger partial charge in [0.25, 0.3) is 15.9 Å².